The molecular weight excluding hydrogens is 280 g/mol. The molecule has 0 bridgehead atoms. The summed E-state index contributed by atoms with van der Waals surface area (Å²) in [4.78, 5) is 22.3. The maximum absolute atomic E-state index is 11.1. The number of nitrogens with zero attached hydrogens (tertiary/aromatic N) is 5. The number of aromatic nitrogens is 4. The molecule has 22 heavy (non-hydrogen) atoms. The topological polar surface area (TPSA) is 89.9 Å². The van der Waals surface area contributed by atoms with Crippen molar-refractivity contribution in [3.05, 3.63) is 35.9 Å². The maximum Gasteiger partial charge on any atom is 0.251 e. The van der Waals surface area contributed by atoms with Gasteiger partial charge in [0.25, 0.3) is 5.91 Å². The zero-order chi connectivity index (χ0) is 15.1. The van der Waals surface area contributed by atoms with Gasteiger partial charge in [0.1, 0.15) is 0 Å². The average molecular weight is 298 g/mol. The number of hydrogen-bond donors (Lipinski definition) is 1. The second-order valence-corrected chi connectivity index (χ2v) is 6.05. The van der Waals surface area contributed by atoms with Crippen molar-refractivity contribution < 1.29 is 4.79 Å². The first kappa shape index (κ1) is 13.2. The summed E-state index contributed by atoms with van der Waals surface area (Å²) in [5.74, 6) is 1.01. The number of amides is 1. The van der Waals surface area contributed by atoms with Crippen molar-refractivity contribution in [1.29, 1.82) is 0 Å². The Morgan fingerprint density at radius 2 is 1.95 bits per heavy atom. The van der Waals surface area contributed by atoms with E-state index in [4.69, 9.17) is 5.73 Å². The molecule has 1 amide bonds. The highest BCUT2D eigenvalue weighted by Crippen LogP contribution is 2.39. The maximum atomic E-state index is 11.1. The van der Waals surface area contributed by atoms with Gasteiger partial charge in [0.05, 0.1) is 17.8 Å². The Bertz CT molecular complexity index is 690. The minimum atomic E-state index is -0.444. The number of carbonyl (C=O) groups excluding carboxylic acids is 1. The number of anilines is 1. The zero-order valence-electron chi connectivity index (χ0n) is 12.2. The van der Waals surface area contributed by atoms with Crippen LogP contribution in [0.15, 0.2) is 24.8 Å². The molecule has 1 saturated heterocycles. The van der Waals surface area contributed by atoms with Crippen LogP contribution >= 0.6 is 0 Å². The van der Waals surface area contributed by atoms with Crippen molar-refractivity contribution in [2.24, 2.45) is 5.73 Å². The third-order valence-electron chi connectivity index (χ3n) is 4.41. The Labute approximate surface area is 128 Å². The van der Waals surface area contributed by atoms with Gasteiger partial charge in [-0.1, -0.05) is 0 Å². The first-order valence-corrected chi connectivity index (χ1v) is 7.61. The quantitative estimate of drug-likeness (QED) is 0.913. The number of rotatable bonds is 4. The molecule has 2 N–H and O–H groups in total. The second kappa shape index (κ2) is 5.08. The lowest BCUT2D eigenvalue weighted by molar-refractivity contribution is 0.1000. The fraction of sp³-hybridized carbons (Fsp3) is 0.467. The molecule has 1 aliphatic heterocycles. The summed E-state index contributed by atoms with van der Waals surface area (Å²) >= 11 is 0. The van der Waals surface area contributed by atoms with Crippen LogP contribution in [-0.2, 0) is 0 Å². The van der Waals surface area contributed by atoms with E-state index < -0.39 is 5.91 Å². The molecule has 1 unspecified atom stereocenters. The molecule has 0 aromatic carbocycles. The third-order valence-corrected chi connectivity index (χ3v) is 4.41. The molecule has 0 radical (unpaired) electrons. The van der Waals surface area contributed by atoms with Gasteiger partial charge in [-0.15, -0.1) is 0 Å². The van der Waals surface area contributed by atoms with Gasteiger partial charge in [0.2, 0.25) is 5.95 Å². The molecule has 1 aliphatic carbocycles. The highest BCUT2D eigenvalue weighted by atomic mass is 16.1. The highest BCUT2D eigenvalue weighted by Gasteiger charge is 2.28. The van der Waals surface area contributed by atoms with E-state index in [2.05, 4.69) is 20.0 Å². The smallest absolute Gasteiger partial charge is 0.251 e. The van der Waals surface area contributed by atoms with Crippen LogP contribution in [0.3, 0.4) is 0 Å². The van der Waals surface area contributed by atoms with Crippen LogP contribution in [0.25, 0.3) is 0 Å². The number of nitrogens with two attached hydrogens (primary N) is 1. The minimum Gasteiger partial charge on any atom is -0.366 e. The average Bonchev–Trinajstić information content (AvgIpc) is 3.06. The molecule has 0 spiro atoms. The van der Waals surface area contributed by atoms with Gasteiger partial charge < -0.3 is 10.6 Å². The van der Waals surface area contributed by atoms with Gasteiger partial charge in [-0.25, -0.2) is 9.97 Å². The highest BCUT2D eigenvalue weighted by molar-refractivity contribution is 5.92. The Hall–Kier alpha value is -2.44. The van der Waals surface area contributed by atoms with Crippen LogP contribution in [0.1, 0.15) is 47.1 Å². The number of carbonyl (C=O) groups is 1. The Morgan fingerprint density at radius 3 is 2.59 bits per heavy atom. The molecule has 1 saturated carbocycles. The van der Waals surface area contributed by atoms with E-state index >= 15 is 0 Å². The van der Waals surface area contributed by atoms with Crippen molar-refractivity contribution in [1.82, 2.24) is 19.7 Å². The van der Waals surface area contributed by atoms with Crippen LogP contribution in [0.2, 0.25) is 0 Å². The molecule has 2 aromatic heterocycles. The lowest BCUT2D eigenvalue weighted by atomic mass is 10.2. The number of primary amides is 1. The van der Waals surface area contributed by atoms with Crippen molar-refractivity contribution in [2.45, 2.75) is 31.2 Å². The summed E-state index contributed by atoms with van der Waals surface area (Å²) in [7, 11) is 0. The van der Waals surface area contributed by atoms with E-state index in [0.29, 0.717) is 11.5 Å². The van der Waals surface area contributed by atoms with Gasteiger partial charge >= 0.3 is 0 Å². The Kier molecular flexibility index (Phi) is 3.06. The fourth-order valence-electron chi connectivity index (χ4n) is 2.93. The summed E-state index contributed by atoms with van der Waals surface area (Å²) in [6, 6.07) is 0.222. The molecule has 2 fully saturated rings. The van der Waals surface area contributed by atoms with Gasteiger partial charge in [-0.3, -0.25) is 9.48 Å². The van der Waals surface area contributed by atoms with Gasteiger partial charge in [-0.05, 0) is 30.7 Å². The largest absolute Gasteiger partial charge is 0.366 e. The molecule has 4 rings (SSSR count). The molecule has 3 heterocycles. The first-order valence-electron chi connectivity index (χ1n) is 7.61. The van der Waals surface area contributed by atoms with Crippen LogP contribution in [0.4, 0.5) is 5.95 Å². The van der Waals surface area contributed by atoms with E-state index in [1.165, 1.54) is 24.6 Å². The van der Waals surface area contributed by atoms with Gasteiger partial charge in [-0.2, -0.15) is 5.10 Å². The molecule has 7 nitrogen and oxygen atoms in total. The van der Waals surface area contributed by atoms with Crippen LogP contribution in [-0.4, -0.2) is 38.7 Å². The van der Waals surface area contributed by atoms with Gasteiger partial charge in [0.15, 0.2) is 0 Å². The summed E-state index contributed by atoms with van der Waals surface area (Å²) in [5, 5.41) is 4.24. The van der Waals surface area contributed by atoms with Crippen molar-refractivity contribution in [3.63, 3.8) is 0 Å². The molecule has 114 valence electrons. The van der Waals surface area contributed by atoms with Gasteiger partial charge in [0, 0.05) is 31.7 Å². The van der Waals surface area contributed by atoms with Crippen LogP contribution in [0.5, 0.6) is 0 Å². The molecule has 2 aliphatic rings. The predicted octanol–water partition coefficient (Wildman–Crippen LogP) is 1.10. The van der Waals surface area contributed by atoms with Crippen LogP contribution < -0.4 is 10.6 Å². The summed E-state index contributed by atoms with van der Waals surface area (Å²) in [5.41, 5.74) is 6.96. The molecule has 7 heteroatoms. The van der Waals surface area contributed by atoms with E-state index in [1.807, 2.05) is 17.1 Å². The van der Waals surface area contributed by atoms with Crippen LogP contribution in [0, 0.1) is 0 Å². The summed E-state index contributed by atoms with van der Waals surface area (Å²) in [6.45, 7) is 1.68. The van der Waals surface area contributed by atoms with Crippen molar-refractivity contribution in [2.75, 3.05) is 18.0 Å². The lowest BCUT2D eigenvalue weighted by Crippen LogP contribution is -2.23. The summed E-state index contributed by atoms with van der Waals surface area (Å²) < 4.78 is 1.82. The fourth-order valence-corrected chi connectivity index (χ4v) is 2.93. The summed E-state index contributed by atoms with van der Waals surface area (Å²) in [6.07, 6.45) is 10.6. The van der Waals surface area contributed by atoms with E-state index in [-0.39, 0.29) is 6.04 Å². The van der Waals surface area contributed by atoms with E-state index in [9.17, 15) is 4.79 Å². The van der Waals surface area contributed by atoms with Crippen molar-refractivity contribution >= 4 is 11.9 Å². The second-order valence-electron chi connectivity index (χ2n) is 6.05. The lowest BCUT2D eigenvalue weighted by Gasteiger charge is -2.16. The Balaban J connectivity index is 1.45. The first-order chi connectivity index (χ1) is 10.7. The van der Waals surface area contributed by atoms with E-state index in [1.54, 1.807) is 6.20 Å². The molecule has 2 aromatic rings. The zero-order valence-corrected chi connectivity index (χ0v) is 12.2. The Morgan fingerprint density at radius 1 is 1.18 bits per heavy atom. The number of hydrogen-bond acceptors (Lipinski definition) is 5. The minimum absolute atomic E-state index is 0.222. The predicted molar refractivity (Wildman–Crippen MR) is 80.6 cm³/mol. The SMILES string of the molecule is NC(=O)c1cnn(C2CCN(c3ncc(C4CC4)cn3)C2)c1. The van der Waals surface area contributed by atoms with E-state index in [0.717, 1.165) is 25.5 Å². The normalized spacial score (nSPS) is 21.3. The molecular formula is C15H18N6O. The standard InChI is InChI=1S/C15H18N6O/c16-14(22)12-7-19-21(8-12)13-3-4-20(9-13)15-17-5-11(6-18-15)10-1-2-10/h5-8,10,13H,1-4,9H2,(H2,16,22). The van der Waals surface area contributed by atoms with Crippen molar-refractivity contribution in [3.8, 4) is 0 Å². The monoisotopic (exact) mass is 298 g/mol. The molecule has 1 atom stereocenters. The third kappa shape index (κ3) is 2.43.